The van der Waals surface area contributed by atoms with Gasteiger partial charge in [-0.05, 0) is 49.2 Å². The van der Waals surface area contributed by atoms with E-state index in [9.17, 15) is 0 Å². The molecule has 4 heterocycles. The number of benzene rings is 5. The molecule has 5 aromatic carbocycles. The first kappa shape index (κ1) is 41.0. The molecule has 0 spiro atoms. The smallest absolute Gasteiger partial charge is 0.216 e. The summed E-state index contributed by atoms with van der Waals surface area (Å²) in [4.78, 5) is 14.6. The fraction of sp³-hybridized carbons (Fsp3) is 0.196. The van der Waals surface area contributed by atoms with Gasteiger partial charge in [0.2, 0.25) is 5.71 Å². The molecule has 0 aliphatic heterocycles. The summed E-state index contributed by atoms with van der Waals surface area (Å²) < 4.78 is 10.2. The third-order valence-electron chi connectivity index (χ3n) is 10.6. The number of fused-ring (bicyclic) bond motifs is 4. The Morgan fingerprint density at radius 2 is 1.50 bits per heavy atom. The maximum Gasteiger partial charge on any atom is 0.216 e. The number of aryl methyl sites for hydroxylation is 3. The van der Waals surface area contributed by atoms with Crippen molar-refractivity contribution < 1.29 is 24.5 Å². The van der Waals surface area contributed by atoms with E-state index in [0.29, 0.717) is 11.6 Å². The molecule has 293 valence electrons. The molecule has 0 saturated carbocycles. The second kappa shape index (κ2) is 17.0. The van der Waals surface area contributed by atoms with E-state index in [1.165, 1.54) is 5.56 Å². The molecule has 0 unspecified atom stereocenters. The minimum atomic E-state index is -1.86. The first-order valence-electron chi connectivity index (χ1n) is 19.8. The van der Waals surface area contributed by atoms with E-state index in [0.717, 1.165) is 90.1 Å². The Balaban J connectivity index is 0.000000208. The topological polar surface area (TPSA) is 56.7 Å². The Bertz CT molecular complexity index is 2870. The van der Waals surface area contributed by atoms with Crippen molar-refractivity contribution in [3.8, 4) is 39.5 Å². The van der Waals surface area contributed by atoms with Crippen LogP contribution in [0.1, 0.15) is 36.2 Å². The van der Waals surface area contributed by atoms with Gasteiger partial charge in [0, 0.05) is 42.4 Å². The van der Waals surface area contributed by atoms with Gasteiger partial charge in [-0.3, -0.25) is 4.98 Å². The zero-order chi connectivity index (χ0) is 39.8. The molecule has 1 radical (unpaired) electrons. The molecule has 5 nitrogen and oxygen atoms in total. The van der Waals surface area contributed by atoms with Crippen LogP contribution in [-0.4, -0.2) is 32.8 Å². The van der Waals surface area contributed by atoms with E-state index in [1.807, 2.05) is 43.3 Å². The van der Waals surface area contributed by atoms with E-state index in [-0.39, 0.29) is 20.1 Å². The summed E-state index contributed by atoms with van der Waals surface area (Å²) in [5, 5.41) is 2.09. The van der Waals surface area contributed by atoms with E-state index in [4.69, 9.17) is 19.4 Å². The van der Waals surface area contributed by atoms with E-state index < -0.39 is 13.3 Å². The molecular formula is C51H48GeIrN4O-2. The average Bonchev–Trinajstić information content (AvgIpc) is 3.77. The summed E-state index contributed by atoms with van der Waals surface area (Å²) in [5.41, 5.74) is 14.4. The van der Waals surface area contributed by atoms with Crippen molar-refractivity contribution in [2.45, 2.75) is 58.3 Å². The summed E-state index contributed by atoms with van der Waals surface area (Å²) >= 11 is -1.86. The first-order chi connectivity index (χ1) is 27.5. The van der Waals surface area contributed by atoms with Crippen LogP contribution in [-0.2, 0) is 26.5 Å². The standard InChI is InChI=1S/C33H24N3O.C18H24GeN.Ir/c1-20-17-18-25(31-30(20)26-19-21(2)22(3)34-33(26)37-31)32-35-27-14-8-10-16-29(27)36(32)28-15-9-7-13-24(28)23-11-5-4-6-12-23;1-14(2)11-16-12-18(15-9-7-6-8-10-15)20-13-17(16)19(3,4)5;/h4-17,19H,1-3H3;6-9,12-14H,11H2,1-5H3;/q2*-1;. The van der Waals surface area contributed by atoms with Crippen LogP contribution < -0.4 is 4.40 Å². The molecule has 7 heteroatoms. The molecule has 0 bridgehead atoms. The average molecular weight is 998 g/mol. The van der Waals surface area contributed by atoms with Gasteiger partial charge in [0.25, 0.3) is 0 Å². The van der Waals surface area contributed by atoms with E-state index in [2.05, 4.69) is 153 Å². The summed E-state index contributed by atoms with van der Waals surface area (Å²) in [7, 11) is 0. The number of imidazole rings is 1. The van der Waals surface area contributed by atoms with Crippen LogP contribution in [0.15, 0.2) is 132 Å². The Morgan fingerprint density at radius 3 is 2.24 bits per heavy atom. The van der Waals surface area contributed by atoms with Crippen LogP contribution in [0, 0.1) is 38.8 Å². The van der Waals surface area contributed by atoms with Crippen LogP contribution in [0.4, 0.5) is 0 Å². The van der Waals surface area contributed by atoms with Gasteiger partial charge in [0.15, 0.2) is 0 Å². The number of furan rings is 1. The van der Waals surface area contributed by atoms with Gasteiger partial charge in [-0.2, -0.15) is 0 Å². The van der Waals surface area contributed by atoms with Crippen LogP contribution in [0.5, 0.6) is 0 Å². The van der Waals surface area contributed by atoms with Gasteiger partial charge in [0.1, 0.15) is 0 Å². The molecule has 9 aromatic rings. The van der Waals surface area contributed by atoms with Crippen molar-refractivity contribution >= 4 is 50.8 Å². The van der Waals surface area contributed by atoms with E-state index in [1.54, 1.807) is 4.40 Å². The molecule has 0 aliphatic rings. The Hall–Kier alpha value is -5.14. The van der Waals surface area contributed by atoms with Crippen molar-refractivity contribution in [1.82, 2.24) is 19.5 Å². The van der Waals surface area contributed by atoms with Crippen LogP contribution in [0.2, 0.25) is 17.3 Å². The van der Waals surface area contributed by atoms with Gasteiger partial charge >= 0.3 is 126 Å². The number of hydrogen-bond acceptors (Lipinski definition) is 4. The van der Waals surface area contributed by atoms with Crippen LogP contribution in [0.25, 0.3) is 72.6 Å². The van der Waals surface area contributed by atoms with Crippen molar-refractivity contribution in [2.24, 2.45) is 5.92 Å². The summed E-state index contributed by atoms with van der Waals surface area (Å²) in [5.74, 6) is 8.79. The van der Waals surface area contributed by atoms with Crippen molar-refractivity contribution in [1.29, 1.82) is 0 Å². The predicted octanol–water partition coefficient (Wildman–Crippen LogP) is 12.7. The summed E-state index contributed by atoms with van der Waals surface area (Å²) in [6.45, 7) is 10.8. The zero-order valence-electron chi connectivity index (χ0n) is 34.4. The van der Waals surface area contributed by atoms with Crippen molar-refractivity contribution in [3.05, 3.63) is 162 Å². The van der Waals surface area contributed by atoms with Gasteiger partial charge in [0.05, 0.1) is 22.4 Å². The maximum atomic E-state index is 6.46. The minimum Gasteiger partial charge on any atom is -0.486 e. The second-order valence-electron chi connectivity index (χ2n) is 16.4. The fourth-order valence-electron chi connectivity index (χ4n) is 7.71. The van der Waals surface area contributed by atoms with E-state index >= 15 is 0 Å². The summed E-state index contributed by atoms with van der Waals surface area (Å²) in [6, 6.07) is 48.6. The Labute approximate surface area is 358 Å². The molecule has 58 heavy (non-hydrogen) atoms. The number of aromatic nitrogens is 4. The Morgan fingerprint density at radius 1 is 0.776 bits per heavy atom. The largest absolute Gasteiger partial charge is 0.486 e. The molecule has 0 aliphatic carbocycles. The summed E-state index contributed by atoms with van der Waals surface area (Å²) in [6.07, 6.45) is 3.27. The molecule has 0 saturated heterocycles. The SMILES string of the molecule is CC(C)Cc1cc(-c2[c-]cccc2)nc[c]1[Ge]([CH3])([CH3])[CH3].Cc1cc2c(nc1C)oc1c(-c3nc4ccccc4n3-c3ccccc3-c3ccccc3)[c-]cc(C)c12.[Ir]. The van der Waals surface area contributed by atoms with Crippen LogP contribution in [0.3, 0.4) is 0 Å². The minimum absolute atomic E-state index is 0. The number of nitrogens with zero attached hydrogens (tertiary/aromatic N) is 4. The van der Waals surface area contributed by atoms with Crippen molar-refractivity contribution in [3.63, 3.8) is 0 Å². The van der Waals surface area contributed by atoms with Gasteiger partial charge < -0.3 is 8.98 Å². The number of pyridine rings is 2. The third-order valence-corrected chi connectivity index (χ3v) is 14.9. The molecule has 0 amide bonds. The first-order valence-corrected chi connectivity index (χ1v) is 27.1. The van der Waals surface area contributed by atoms with Gasteiger partial charge in [-0.15, -0.1) is 17.7 Å². The third kappa shape index (κ3) is 8.11. The predicted molar refractivity (Wildman–Crippen MR) is 240 cm³/mol. The van der Waals surface area contributed by atoms with Gasteiger partial charge in [-0.25, -0.2) is 4.98 Å². The second-order valence-corrected chi connectivity index (χ2v) is 27.0. The number of hydrogen-bond donors (Lipinski definition) is 0. The molecule has 4 aromatic heterocycles. The Kier molecular flexibility index (Phi) is 12.0. The molecule has 0 fully saturated rings. The quantitative estimate of drug-likeness (QED) is 0.118. The van der Waals surface area contributed by atoms with Crippen LogP contribution >= 0.6 is 0 Å². The number of para-hydroxylation sites is 3. The van der Waals surface area contributed by atoms with Crippen molar-refractivity contribution in [2.75, 3.05) is 0 Å². The fourth-order valence-corrected chi connectivity index (χ4v) is 11.0. The van der Waals surface area contributed by atoms with Gasteiger partial charge in [-0.1, -0.05) is 78.5 Å². The molecule has 0 N–H and O–H groups in total. The normalized spacial score (nSPS) is 11.5. The monoisotopic (exact) mass is 999 g/mol. The maximum absolute atomic E-state index is 6.46. The molecule has 0 atom stereocenters. The molecular weight excluding hydrogens is 949 g/mol. The molecule has 9 rings (SSSR count). The zero-order valence-corrected chi connectivity index (χ0v) is 38.9. The number of rotatable bonds is 7.